The zero-order chi connectivity index (χ0) is 24.0. The van der Waals surface area contributed by atoms with E-state index in [1.54, 1.807) is 0 Å². The zero-order valence-electron chi connectivity index (χ0n) is 21.3. The highest BCUT2D eigenvalue weighted by Gasteiger charge is 2.65. The van der Waals surface area contributed by atoms with Crippen molar-refractivity contribution in [2.45, 2.75) is 117 Å². The van der Waals surface area contributed by atoms with Crippen molar-refractivity contribution >= 4 is 5.97 Å². The third-order valence-corrected chi connectivity index (χ3v) is 11.1. The quantitative estimate of drug-likeness (QED) is 0.475. The predicted molar refractivity (Wildman–Crippen MR) is 128 cm³/mol. The second-order valence-electron chi connectivity index (χ2n) is 12.6. The summed E-state index contributed by atoms with van der Waals surface area (Å²) in [5.41, 5.74) is -0.0764. The minimum atomic E-state index is -0.361. The Hall–Kier alpha value is -0.650. The molecule has 4 aliphatic rings. The van der Waals surface area contributed by atoms with E-state index >= 15 is 0 Å². The highest BCUT2D eigenvalue weighted by Crippen LogP contribution is 2.68. The monoisotopic (exact) mass is 464 g/mol. The largest absolute Gasteiger partial charge is 0.466 e. The first-order valence-corrected chi connectivity index (χ1v) is 13.8. The smallest absolute Gasteiger partial charge is 0.305 e. The highest BCUT2D eigenvalue weighted by atomic mass is 16.5. The van der Waals surface area contributed by atoms with Gasteiger partial charge in [-0.05, 0) is 104 Å². The number of fused-ring (bicyclic) bond motifs is 5. The van der Waals surface area contributed by atoms with E-state index in [-0.39, 0.29) is 41.0 Å². The lowest BCUT2D eigenvalue weighted by Crippen LogP contribution is -2.62. The number of esters is 1. The molecule has 33 heavy (non-hydrogen) atoms. The maximum Gasteiger partial charge on any atom is 0.305 e. The zero-order valence-corrected chi connectivity index (χ0v) is 21.3. The van der Waals surface area contributed by atoms with Gasteiger partial charge in [0.05, 0.1) is 24.9 Å². The third kappa shape index (κ3) is 4.40. The molecule has 0 radical (unpaired) electrons. The Labute approximate surface area is 200 Å². The molecule has 0 heterocycles. The molecular weight excluding hydrogens is 416 g/mol. The Morgan fingerprint density at radius 1 is 1.06 bits per heavy atom. The van der Waals surface area contributed by atoms with Crippen LogP contribution in [0.25, 0.3) is 0 Å². The average Bonchev–Trinajstić information content (AvgIpc) is 3.12. The first-order chi connectivity index (χ1) is 15.6. The summed E-state index contributed by atoms with van der Waals surface area (Å²) in [6.07, 6.45) is 8.67. The van der Waals surface area contributed by atoms with Crippen molar-refractivity contribution in [2.75, 3.05) is 6.61 Å². The second-order valence-corrected chi connectivity index (χ2v) is 12.6. The van der Waals surface area contributed by atoms with Gasteiger partial charge >= 0.3 is 5.97 Å². The second kappa shape index (κ2) is 9.78. The number of ether oxygens (including phenoxy) is 1. The van der Waals surface area contributed by atoms with E-state index in [9.17, 15) is 20.1 Å². The molecule has 0 spiro atoms. The van der Waals surface area contributed by atoms with Gasteiger partial charge in [0.25, 0.3) is 0 Å². The van der Waals surface area contributed by atoms with Crippen molar-refractivity contribution in [3.63, 3.8) is 0 Å². The molecule has 11 atom stereocenters. The summed E-state index contributed by atoms with van der Waals surface area (Å²) >= 11 is 0. The Morgan fingerprint density at radius 2 is 1.82 bits per heavy atom. The fraction of sp³-hybridized carbons (Fsp3) is 0.964. The number of carbonyl (C=O) groups is 1. The molecule has 4 aliphatic carbocycles. The van der Waals surface area contributed by atoms with Gasteiger partial charge in [-0.3, -0.25) is 4.79 Å². The van der Waals surface area contributed by atoms with Crippen LogP contribution in [0.15, 0.2) is 0 Å². The van der Waals surface area contributed by atoms with Crippen molar-refractivity contribution in [3.8, 4) is 0 Å². The molecule has 5 heteroatoms. The number of rotatable bonds is 7. The Balaban J connectivity index is 1.46. The number of unbranched alkanes of at least 4 members (excludes halogenated alkanes) is 1. The van der Waals surface area contributed by atoms with Gasteiger partial charge in [0.2, 0.25) is 0 Å². The molecule has 0 amide bonds. The molecule has 11 unspecified atom stereocenters. The Kier molecular flexibility index (Phi) is 7.54. The summed E-state index contributed by atoms with van der Waals surface area (Å²) in [4.78, 5) is 11.9. The molecule has 4 rings (SSSR count). The van der Waals surface area contributed by atoms with E-state index < -0.39 is 0 Å². The average molecular weight is 465 g/mol. The number of hydrogen-bond donors (Lipinski definition) is 3. The normalized spacial score (nSPS) is 47.8. The molecule has 0 aliphatic heterocycles. The molecule has 0 aromatic rings. The van der Waals surface area contributed by atoms with Crippen molar-refractivity contribution in [2.24, 2.45) is 46.3 Å². The molecular formula is C28H48O5. The molecule has 190 valence electrons. The molecule has 0 bridgehead atoms. The minimum Gasteiger partial charge on any atom is -0.466 e. The van der Waals surface area contributed by atoms with E-state index in [1.807, 2.05) is 0 Å². The summed E-state index contributed by atoms with van der Waals surface area (Å²) < 4.78 is 5.49. The highest BCUT2D eigenvalue weighted by molar-refractivity contribution is 5.69. The van der Waals surface area contributed by atoms with Gasteiger partial charge in [-0.15, -0.1) is 0 Å². The van der Waals surface area contributed by atoms with Crippen molar-refractivity contribution in [3.05, 3.63) is 0 Å². The van der Waals surface area contributed by atoms with Crippen LogP contribution in [0.1, 0.15) is 98.3 Å². The molecule has 4 saturated carbocycles. The summed E-state index contributed by atoms with van der Waals surface area (Å²) in [6, 6.07) is 0. The number of aliphatic hydroxyl groups is 3. The molecule has 3 N–H and O–H groups in total. The van der Waals surface area contributed by atoms with Crippen LogP contribution in [0.5, 0.6) is 0 Å². The molecule has 4 fully saturated rings. The fourth-order valence-electron chi connectivity index (χ4n) is 9.08. The van der Waals surface area contributed by atoms with Gasteiger partial charge < -0.3 is 20.1 Å². The number of carbonyl (C=O) groups excluding carboxylic acids is 1. The van der Waals surface area contributed by atoms with Crippen molar-refractivity contribution in [1.82, 2.24) is 0 Å². The van der Waals surface area contributed by atoms with Gasteiger partial charge in [-0.25, -0.2) is 0 Å². The van der Waals surface area contributed by atoms with Crippen molar-refractivity contribution < 1.29 is 24.9 Å². The van der Waals surface area contributed by atoms with Gasteiger partial charge in [-0.2, -0.15) is 0 Å². The predicted octanol–water partition coefficient (Wildman–Crippen LogP) is 4.71. The van der Waals surface area contributed by atoms with Crippen LogP contribution in [0, 0.1) is 46.3 Å². The summed E-state index contributed by atoms with van der Waals surface area (Å²) in [5, 5.41) is 33.3. The Bertz CT molecular complexity index is 696. The Morgan fingerprint density at radius 3 is 2.55 bits per heavy atom. The van der Waals surface area contributed by atoms with E-state index in [4.69, 9.17) is 4.74 Å². The van der Waals surface area contributed by atoms with Crippen molar-refractivity contribution in [1.29, 1.82) is 0 Å². The lowest BCUT2D eigenvalue weighted by Gasteiger charge is -2.63. The fourth-order valence-corrected chi connectivity index (χ4v) is 9.08. The molecule has 0 aromatic heterocycles. The lowest BCUT2D eigenvalue weighted by molar-refractivity contribution is -0.207. The van der Waals surface area contributed by atoms with Gasteiger partial charge in [0.15, 0.2) is 0 Å². The summed E-state index contributed by atoms with van der Waals surface area (Å²) in [5.74, 6) is 1.95. The van der Waals surface area contributed by atoms with Crippen LogP contribution in [0.2, 0.25) is 0 Å². The van der Waals surface area contributed by atoms with E-state index in [0.29, 0.717) is 42.6 Å². The van der Waals surface area contributed by atoms with E-state index in [1.165, 1.54) is 0 Å². The van der Waals surface area contributed by atoms with E-state index in [0.717, 1.165) is 64.2 Å². The first kappa shape index (κ1) is 25.4. The van der Waals surface area contributed by atoms with Gasteiger partial charge in [-0.1, -0.05) is 34.1 Å². The first-order valence-electron chi connectivity index (χ1n) is 13.8. The topological polar surface area (TPSA) is 87.0 Å². The lowest BCUT2D eigenvalue weighted by atomic mass is 9.43. The third-order valence-electron chi connectivity index (χ3n) is 11.1. The van der Waals surface area contributed by atoms with Crippen LogP contribution in [-0.2, 0) is 9.53 Å². The molecule has 0 saturated heterocycles. The standard InChI is InChI=1S/C28H48O5/c1-5-6-7-25(32)33-13-11-17(2)20-8-9-21-26-22(16-24(31)28(20,21)4)27(3)12-10-19(29)14-18(27)15-23(26)30/h17-24,26,29-31H,5-16H2,1-4H3. The molecule has 0 aromatic carbocycles. The van der Waals surface area contributed by atoms with Crippen LogP contribution in [-0.4, -0.2) is 46.2 Å². The van der Waals surface area contributed by atoms with Gasteiger partial charge in [0, 0.05) is 6.42 Å². The maximum atomic E-state index is 11.9. The SMILES string of the molecule is CCCCC(=O)OCCC(C)C1CCC2C3C(O)CC4CC(O)CCC4(C)C3CC(O)C12C. The molecule has 5 nitrogen and oxygen atoms in total. The van der Waals surface area contributed by atoms with Gasteiger partial charge in [0.1, 0.15) is 0 Å². The maximum absolute atomic E-state index is 11.9. The van der Waals surface area contributed by atoms with Crippen LogP contribution in [0.4, 0.5) is 0 Å². The number of aliphatic hydroxyl groups excluding tert-OH is 3. The van der Waals surface area contributed by atoms with Crippen LogP contribution >= 0.6 is 0 Å². The summed E-state index contributed by atoms with van der Waals surface area (Å²) in [7, 11) is 0. The minimum absolute atomic E-state index is 0.0918. The van der Waals surface area contributed by atoms with E-state index in [2.05, 4.69) is 27.7 Å². The number of hydrogen-bond acceptors (Lipinski definition) is 5. The van der Waals surface area contributed by atoms with Crippen LogP contribution < -0.4 is 0 Å². The summed E-state index contributed by atoms with van der Waals surface area (Å²) in [6.45, 7) is 9.46. The van der Waals surface area contributed by atoms with Crippen LogP contribution in [0.3, 0.4) is 0 Å².